The quantitative estimate of drug-likeness (QED) is 0.667. The first-order valence-electron chi connectivity index (χ1n) is 7.36. The summed E-state index contributed by atoms with van der Waals surface area (Å²) in [5.74, 6) is -0.410. The Labute approximate surface area is 125 Å². The third-order valence-corrected chi connectivity index (χ3v) is 3.64. The Bertz CT molecular complexity index is 502. The maximum Gasteiger partial charge on any atom is 0.332 e. The summed E-state index contributed by atoms with van der Waals surface area (Å²) in [6.45, 7) is 2.45. The van der Waals surface area contributed by atoms with E-state index in [4.69, 9.17) is 15.3 Å². The van der Waals surface area contributed by atoms with Crippen molar-refractivity contribution in [3.05, 3.63) is 35.9 Å². The maximum atomic E-state index is 12.1. The Morgan fingerprint density at radius 3 is 2.81 bits per heavy atom. The highest BCUT2D eigenvalue weighted by Gasteiger charge is 2.43. The zero-order valence-corrected chi connectivity index (χ0v) is 12.4. The van der Waals surface area contributed by atoms with Gasteiger partial charge in [-0.1, -0.05) is 41.9 Å². The summed E-state index contributed by atoms with van der Waals surface area (Å²) in [7, 11) is 0. The Balaban J connectivity index is 2.04. The van der Waals surface area contributed by atoms with Crippen LogP contribution in [0.1, 0.15) is 38.2 Å². The van der Waals surface area contributed by atoms with E-state index in [1.165, 1.54) is 0 Å². The molecule has 1 aromatic carbocycles. The summed E-state index contributed by atoms with van der Waals surface area (Å²) in [6, 6.07) is 9.75. The van der Waals surface area contributed by atoms with Gasteiger partial charge in [0, 0.05) is 0 Å². The third-order valence-electron chi connectivity index (χ3n) is 3.64. The number of carbonyl (C=O) groups is 1. The van der Waals surface area contributed by atoms with Crippen molar-refractivity contribution < 1.29 is 14.4 Å². The van der Waals surface area contributed by atoms with E-state index in [0.717, 1.165) is 18.4 Å². The monoisotopic (exact) mass is 290 g/mol. The predicted octanol–water partition coefficient (Wildman–Crippen LogP) is 2.39. The molecule has 0 aromatic heterocycles. The van der Waals surface area contributed by atoms with Crippen molar-refractivity contribution >= 4 is 11.7 Å². The molecule has 1 fully saturated rings. The molecule has 0 saturated heterocycles. The number of benzene rings is 1. The largest absolute Gasteiger partial charge is 0.464 e. The molecule has 1 aliphatic carbocycles. The molecule has 2 N–H and O–H groups in total. The predicted molar refractivity (Wildman–Crippen MR) is 80.7 cm³/mol. The number of esters is 1. The van der Waals surface area contributed by atoms with Crippen LogP contribution in [0.3, 0.4) is 0 Å². The topological polar surface area (TPSA) is 73.9 Å². The number of rotatable bonds is 5. The van der Waals surface area contributed by atoms with Crippen LogP contribution in [0.25, 0.3) is 0 Å². The number of nitrogens with two attached hydrogens (primary N) is 1. The van der Waals surface area contributed by atoms with E-state index < -0.39 is 11.5 Å². The van der Waals surface area contributed by atoms with Gasteiger partial charge in [0.2, 0.25) is 0 Å². The molecule has 0 radical (unpaired) electrons. The van der Waals surface area contributed by atoms with Crippen molar-refractivity contribution in [3.8, 4) is 0 Å². The van der Waals surface area contributed by atoms with Gasteiger partial charge >= 0.3 is 5.97 Å². The normalized spacial score (nSPS) is 23.8. The SMILES string of the molecule is CCOC(=O)C1(N)CCCC/C1=N\OCc1ccccc1. The highest BCUT2D eigenvalue weighted by atomic mass is 16.6. The second-order valence-corrected chi connectivity index (χ2v) is 5.20. The van der Waals surface area contributed by atoms with Gasteiger partial charge in [-0.15, -0.1) is 0 Å². The van der Waals surface area contributed by atoms with Gasteiger partial charge in [0.25, 0.3) is 0 Å². The van der Waals surface area contributed by atoms with Gasteiger partial charge in [0.05, 0.1) is 12.3 Å². The smallest absolute Gasteiger partial charge is 0.332 e. The average Bonchev–Trinajstić information content (AvgIpc) is 2.50. The van der Waals surface area contributed by atoms with Crippen molar-refractivity contribution in [2.75, 3.05) is 6.61 Å². The second kappa shape index (κ2) is 7.22. The van der Waals surface area contributed by atoms with E-state index in [1.54, 1.807) is 6.92 Å². The highest BCUT2D eigenvalue weighted by Crippen LogP contribution is 2.25. The molecule has 5 nitrogen and oxygen atoms in total. The lowest BCUT2D eigenvalue weighted by molar-refractivity contribution is -0.147. The summed E-state index contributed by atoms with van der Waals surface area (Å²) in [6.07, 6.45) is 3.09. The average molecular weight is 290 g/mol. The molecule has 1 atom stereocenters. The number of oxime groups is 1. The van der Waals surface area contributed by atoms with Crippen LogP contribution in [0.5, 0.6) is 0 Å². The Kier molecular flexibility index (Phi) is 5.33. The molecule has 0 bridgehead atoms. The number of hydrogen-bond acceptors (Lipinski definition) is 5. The van der Waals surface area contributed by atoms with E-state index in [9.17, 15) is 4.79 Å². The molecule has 0 heterocycles. The minimum absolute atomic E-state index is 0.315. The van der Waals surface area contributed by atoms with Crippen molar-refractivity contribution in [1.29, 1.82) is 0 Å². The Hall–Kier alpha value is -1.88. The summed E-state index contributed by atoms with van der Waals surface area (Å²) >= 11 is 0. The van der Waals surface area contributed by atoms with Gasteiger partial charge in [-0.3, -0.25) is 0 Å². The van der Waals surface area contributed by atoms with Crippen LogP contribution in [0.15, 0.2) is 35.5 Å². The molecule has 114 valence electrons. The van der Waals surface area contributed by atoms with Gasteiger partial charge in [-0.05, 0) is 31.7 Å². The second-order valence-electron chi connectivity index (χ2n) is 5.20. The van der Waals surface area contributed by atoms with Crippen LogP contribution in [0.2, 0.25) is 0 Å². The Morgan fingerprint density at radius 2 is 2.10 bits per heavy atom. The van der Waals surface area contributed by atoms with Crippen molar-refractivity contribution in [2.24, 2.45) is 10.9 Å². The lowest BCUT2D eigenvalue weighted by Gasteiger charge is -2.31. The summed E-state index contributed by atoms with van der Waals surface area (Å²) in [4.78, 5) is 17.5. The molecule has 0 amide bonds. The lowest BCUT2D eigenvalue weighted by atomic mass is 9.81. The summed E-state index contributed by atoms with van der Waals surface area (Å²) < 4.78 is 5.08. The van der Waals surface area contributed by atoms with E-state index in [1.807, 2.05) is 30.3 Å². The molecular formula is C16H22N2O3. The fraction of sp³-hybridized carbons (Fsp3) is 0.500. The van der Waals surface area contributed by atoms with Crippen LogP contribution in [0, 0.1) is 0 Å². The van der Waals surface area contributed by atoms with Crippen LogP contribution in [0.4, 0.5) is 0 Å². The van der Waals surface area contributed by atoms with Gasteiger partial charge < -0.3 is 15.3 Å². The molecule has 21 heavy (non-hydrogen) atoms. The van der Waals surface area contributed by atoms with E-state index in [-0.39, 0.29) is 0 Å². The molecule has 0 aliphatic heterocycles. The molecule has 1 unspecified atom stereocenters. The van der Waals surface area contributed by atoms with Gasteiger partial charge in [-0.25, -0.2) is 4.79 Å². The van der Waals surface area contributed by atoms with Crippen molar-refractivity contribution in [1.82, 2.24) is 0 Å². The fourth-order valence-electron chi connectivity index (χ4n) is 2.43. The first-order valence-corrected chi connectivity index (χ1v) is 7.36. The molecule has 2 rings (SSSR count). The first kappa shape index (κ1) is 15.5. The third kappa shape index (κ3) is 3.82. The van der Waals surface area contributed by atoms with Crippen LogP contribution in [-0.2, 0) is 21.0 Å². The zero-order chi connectivity index (χ0) is 15.1. The van der Waals surface area contributed by atoms with Gasteiger partial charge in [0.15, 0.2) is 5.54 Å². The van der Waals surface area contributed by atoms with Crippen molar-refractivity contribution in [2.45, 2.75) is 44.8 Å². The van der Waals surface area contributed by atoms with Crippen molar-refractivity contribution in [3.63, 3.8) is 0 Å². The maximum absolute atomic E-state index is 12.1. The zero-order valence-electron chi connectivity index (χ0n) is 12.4. The molecule has 1 aliphatic rings. The molecule has 0 spiro atoms. The summed E-state index contributed by atoms with van der Waals surface area (Å²) in [5, 5.41) is 4.13. The van der Waals surface area contributed by atoms with Crippen LogP contribution >= 0.6 is 0 Å². The van der Waals surface area contributed by atoms with Crippen LogP contribution in [-0.4, -0.2) is 23.8 Å². The first-order chi connectivity index (χ1) is 10.2. The molecule has 5 heteroatoms. The number of hydrogen-bond donors (Lipinski definition) is 1. The number of carbonyl (C=O) groups excluding carboxylic acids is 1. The number of ether oxygens (including phenoxy) is 1. The van der Waals surface area contributed by atoms with Crippen LogP contribution < -0.4 is 5.73 Å². The standard InChI is InChI=1S/C16H22N2O3/c1-2-20-15(19)16(17)11-7-6-10-14(16)18-21-12-13-8-4-3-5-9-13/h3-5,8-9H,2,6-7,10-12,17H2,1H3/b18-14+. The lowest BCUT2D eigenvalue weighted by Crippen LogP contribution is -2.57. The van der Waals surface area contributed by atoms with E-state index >= 15 is 0 Å². The minimum Gasteiger partial charge on any atom is -0.464 e. The molecule has 1 saturated carbocycles. The van der Waals surface area contributed by atoms with E-state index in [2.05, 4.69) is 5.16 Å². The Morgan fingerprint density at radius 1 is 1.33 bits per heavy atom. The minimum atomic E-state index is -1.13. The summed E-state index contributed by atoms with van der Waals surface area (Å²) in [5.41, 5.74) is 6.70. The molecular weight excluding hydrogens is 268 g/mol. The number of nitrogens with zero attached hydrogens (tertiary/aromatic N) is 1. The molecule has 1 aromatic rings. The van der Waals surface area contributed by atoms with E-state index in [0.29, 0.717) is 31.8 Å². The fourth-order valence-corrected chi connectivity index (χ4v) is 2.43. The van der Waals surface area contributed by atoms with Gasteiger partial charge in [-0.2, -0.15) is 0 Å². The highest BCUT2D eigenvalue weighted by molar-refractivity contribution is 6.11. The van der Waals surface area contributed by atoms with Gasteiger partial charge in [0.1, 0.15) is 6.61 Å².